The molecule has 0 radical (unpaired) electrons. The van der Waals surface area contributed by atoms with E-state index in [1.54, 1.807) is 22.8 Å². The minimum Gasteiger partial charge on any atom is -0.352 e. The van der Waals surface area contributed by atoms with Crippen LogP contribution in [-0.4, -0.2) is 38.0 Å². The topological polar surface area (TPSA) is 80.1 Å². The van der Waals surface area contributed by atoms with Gasteiger partial charge in [0.05, 0.1) is 19.0 Å². The molecule has 1 unspecified atom stereocenters. The van der Waals surface area contributed by atoms with Crippen LogP contribution < -0.4 is 5.32 Å². The molecule has 1 atom stereocenters. The Morgan fingerprint density at radius 3 is 2.60 bits per heavy atom. The Hall–Kier alpha value is -3.48. The Balaban J connectivity index is 1.36. The molecule has 30 heavy (non-hydrogen) atoms. The van der Waals surface area contributed by atoms with E-state index >= 15 is 0 Å². The van der Waals surface area contributed by atoms with Gasteiger partial charge in [-0.3, -0.25) is 9.59 Å². The van der Waals surface area contributed by atoms with E-state index in [0.717, 1.165) is 23.1 Å². The zero-order chi connectivity index (χ0) is 20.9. The van der Waals surface area contributed by atoms with Crippen molar-refractivity contribution >= 4 is 11.8 Å². The molecule has 0 fully saturated rings. The molecule has 4 rings (SSSR count). The SMILES string of the molecule is CC(=O)N1CCc2ccccc2C1CC(=O)NCc1ccc(Cn2cncn2)cc1. The third-order valence-electron chi connectivity index (χ3n) is 5.52. The first-order valence-electron chi connectivity index (χ1n) is 10.1. The number of fused-ring (bicyclic) bond motifs is 1. The number of nitrogens with zero attached hydrogens (tertiary/aromatic N) is 4. The summed E-state index contributed by atoms with van der Waals surface area (Å²) in [5, 5.41) is 7.10. The van der Waals surface area contributed by atoms with Crippen molar-refractivity contribution < 1.29 is 9.59 Å². The summed E-state index contributed by atoms with van der Waals surface area (Å²) in [6.45, 7) is 3.34. The number of rotatable bonds is 6. The van der Waals surface area contributed by atoms with Gasteiger partial charge in [-0.15, -0.1) is 0 Å². The number of hydrogen-bond donors (Lipinski definition) is 1. The molecule has 0 saturated carbocycles. The average Bonchev–Trinajstić information content (AvgIpc) is 3.26. The largest absolute Gasteiger partial charge is 0.352 e. The lowest BCUT2D eigenvalue weighted by molar-refractivity contribution is -0.133. The molecule has 7 nitrogen and oxygen atoms in total. The first kappa shape index (κ1) is 19.8. The third-order valence-corrected chi connectivity index (χ3v) is 5.52. The normalized spacial score (nSPS) is 15.5. The molecule has 0 spiro atoms. The molecule has 3 aromatic rings. The zero-order valence-corrected chi connectivity index (χ0v) is 17.0. The van der Waals surface area contributed by atoms with E-state index in [9.17, 15) is 9.59 Å². The minimum atomic E-state index is -0.211. The van der Waals surface area contributed by atoms with Crippen LogP contribution in [0.25, 0.3) is 0 Å². The van der Waals surface area contributed by atoms with Crippen LogP contribution in [0.15, 0.2) is 61.2 Å². The summed E-state index contributed by atoms with van der Waals surface area (Å²) < 4.78 is 1.76. The van der Waals surface area contributed by atoms with Crippen LogP contribution >= 0.6 is 0 Å². The van der Waals surface area contributed by atoms with Gasteiger partial charge in [-0.2, -0.15) is 5.10 Å². The van der Waals surface area contributed by atoms with Crippen molar-refractivity contribution in [1.29, 1.82) is 0 Å². The Bertz CT molecular complexity index is 1010. The lowest BCUT2D eigenvalue weighted by Gasteiger charge is -2.36. The van der Waals surface area contributed by atoms with Crippen molar-refractivity contribution in [2.24, 2.45) is 0 Å². The van der Waals surface area contributed by atoms with Gasteiger partial charge >= 0.3 is 0 Å². The summed E-state index contributed by atoms with van der Waals surface area (Å²) in [4.78, 5) is 30.5. The van der Waals surface area contributed by atoms with Gasteiger partial charge in [0, 0.05) is 20.0 Å². The van der Waals surface area contributed by atoms with Gasteiger partial charge in [-0.1, -0.05) is 48.5 Å². The van der Waals surface area contributed by atoms with Gasteiger partial charge in [0.15, 0.2) is 0 Å². The van der Waals surface area contributed by atoms with Crippen LogP contribution in [0.1, 0.15) is 41.6 Å². The Kier molecular flexibility index (Phi) is 5.88. The molecular weight excluding hydrogens is 378 g/mol. The number of aromatic nitrogens is 3. The van der Waals surface area contributed by atoms with E-state index in [1.165, 1.54) is 11.9 Å². The second kappa shape index (κ2) is 8.90. The van der Waals surface area contributed by atoms with Gasteiger partial charge in [0.1, 0.15) is 12.7 Å². The number of benzene rings is 2. The van der Waals surface area contributed by atoms with E-state index in [0.29, 0.717) is 19.6 Å². The maximum Gasteiger partial charge on any atom is 0.222 e. The third kappa shape index (κ3) is 4.56. The molecule has 1 aliphatic heterocycles. The molecule has 0 saturated heterocycles. The van der Waals surface area contributed by atoms with Crippen molar-refractivity contribution in [2.75, 3.05) is 6.54 Å². The van der Waals surface area contributed by atoms with E-state index in [1.807, 2.05) is 42.5 Å². The predicted octanol–water partition coefficient (Wildman–Crippen LogP) is 2.48. The highest BCUT2D eigenvalue weighted by atomic mass is 16.2. The summed E-state index contributed by atoms with van der Waals surface area (Å²) in [7, 11) is 0. The smallest absolute Gasteiger partial charge is 0.222 e. The quantitative estimate of drug-likeness (QED) is 0.686. The molecule has 0 bridgehead atoms. The molecule has 2 aromatic carbocycles. The van der Waals surface area contributed by atoms with Crippen molar-refractivity contribution in [3.05, 3.63) is 83.4 Å². The molecule has 0 aliphatic carbocycles. The highest BCUT2D eigenvalue weighted by Crippen LogP contribution is 2.32. The first-order chi connectivity index (χ1) is 14.6. The number of hydrogen-bond acceptors (Lipinski definition) is 4. The van der Waals surface area contributed by atoms with Crippen LogP contribution in [0, 0.1) is 0 Å². The fourth-order valence-corrected chi connectivity index (χ4v) is 3.96. The van der Waals surface area contributed by atoms with Crippen LogP contribution in [-0.2, 0) is 29.1 Å². The molecule has 2 amide bonds. The summed E-state index contributed by atoms with van der Waals surface area (Å²) in [5.41, 5.74) is 4.44. The second-order valence-corrected chi connectivity index (χ2v) is 7.57. The van der Waals surface area contributed by atoms with Crippen molar-refractivity contribution in [3.63, 3.8) is 0 Å². The maximum atomic E-state index is 12.7. The maximum absolute atomic E-state index is 12.7. The summed E-state index contributed by atoms with van der Waals surface area (Å²) in [6.07, 6.45) is 4.29. The van der Waals surface area contributed by atoms with Crippen molar-refractivity contribution in [1.82, 2.24) is 25.0 Å². The minimum absolute atomic E-state index is 0.00488. The van der Waals surface area contributed by atoms with Gasteiger partial charge in [0.25, 0.3) is 0 Å². The summed E-state index contributed by atoms with van der Waals surface area (Å²) in [6, 6.07) is 15.9. The second-order valence-electron chi connectivity index (χ2n) is 7.57. The Morgan fingerprint density at radius 1 is 1.10 bits per heavy atom. The van der Waals surface area contributed by atoms with E-state index in [2.05, 4.69) is 21.5 Å². The Labute approximate surface area is 175 Å². The van der Waals surface area contributed by atoms with E-state index < -0.39 is 0 Å². The molecule has 2 heterocycles. The summed E-state index contributed by atoms with van der Waals surface area (Å²) >= 11 is 0. The number of amides is 2. The van der Waals surface area contributed by atoms with Gasteiger partial charge in [-0.25, -0.2) is 9.67 Å². The number of nitrogens with one attached hydrogen (secondary N) is 1. The van der Waals surface area contributed by atoms with Crippen LogP contribution in [0.4, 0.5) is 0 Å². The van der Waals surface area contributed by atoms with Gasteiger partial charge in [-0.05, 0) is 28.7 Å². The fourth-order valence-electron chi connectivity index (χ4n) is 3.96. The first-order valence-corrected chi connectivity index (χ1v) is 10.1. The summed E-state index contributed by atoms with van der Waals surface area (Å²) in [5.74, 6) is -0.0556. The highest BCUT2D eigenvalue weighted by Gasteiger charge is 2.30. The van der Waals surface area contributed by atoms with E-state index in [-0.39, 0.29) is 24.3 Å². The standard InChI is InChI=1S/C23H25N5O2/c1-17(29)28-11-10-20-4-2-3-5-21(20)22(28)12-23(30)25-13-18-6-8-19(9-7-18)14-27-16-24-15-26-27/h2-9,15-16,22H,10-14H2,1H3,(H,25,30). The predicted molar refractivity (Wildman–Crippen MR) is 112 cm³/mol. The van der Waals surface area contributed by atoms with Gasteiger partial charge in [0.2, 0.25) is 11.8 Å². The zero-order valence-electron chi connectivity index (χ0n) is 17.0. The van der Waals surface area contributed by atoms with Crippen molar-refractivity contribution in [3.8, 4) is 0 Å². The average molecular weight is 403 g/mol. The molecule has 154 valence electrons. The van der Waals surface area contributed by atoms with Gasteiger partial charge < -0.3 is 10.2 Å². The molecule has 1 aliphatic rings. The molecule has 1 aromatic heterocycles. The van der Waals surface area contributed by atoms with Crippen LogP contribution in [0.2, 0.25) is 0 Å². The number of carbonyl (C=O) groups is 2. The van der Waals surface area contributed by atoms with Crippen molar-refractivity contribution in [2.45, 2.75) is 38.9 Å². The lowest BCUT2D eigenvalue weighted by Crippen LogP contribution is -2.41. The molecule has 1 N–H and O–H groups in total. The fraction of sp³-hybridized carbons (Fsp3) is 0.304. The van der Waals surface area contributed by atoms with E-state index in [4.69, 9.17) is 0 Å². The molecular formula is C23H25N5O2. The van der Waals surface area contributed by atoms with Crippen LogP contribution in [0.5, 0.6) is 0 Å². The van der Waals surface area contributed by atoms with Crippen LogP contribution in [0.3, 0.4) is 0 Å². The lowest BCUT2D eigenvalue weighted by atomic mass is 9.90. The number of carbonyl (C=O) groups excluding carboxylic acids is 2. The molecule has 7 heteroatoms. The Morgan fingerprint density at radius 2 is 1.87 bits per heavy atom. The highest BCUT2D eigenvalue weighted by molar-refractivity contribution is 5.79. The monoisotopic (exact) mass is 403 g/mol.